The highest BCUT2D eigenvalue weighted by Crippen LogP contribution is 2.27. The SMILES string of the molecule is CN1C(=O)c2ccc(NC(=O)c3cccc(S(=O)(=O)N(C)c4cccc(Cl)c4)c3)cc2C1=O. The predicted molar refractivity (Wildman–Crippen MR) is 124 cm³/mol. The number of hydrogen-bond donors (Lipinski definition) is 1. The largest absolute Gasteiger partial charge is 0.322 e. The predicted octanol–water partition coefficient (Wildman–Crippen LogP) is 3.64. The van der Waals surface area contributed by atoms with Gasteiger partial charge < -0.3 is 5.32 Å². The van der Waals surface area contributed by atoms with Gasteiger partial charge in [-0.15, -0.1) is 0 Å². The highest BCUT2D eigenvalue weighted by Gasteiger charge is 2.32. The number of amides is 3. The minimum atomic E-state index is -3.96. The average molecular weight is 484 g/mol. The lowest BCUT2D eigenvalue weighted by Gasteiger charge is -2.20. The molecule has 4 rings (SSSR count). The van der Waals surface area contributed by atoms with Crippen LogP contribution in [0.1, 0.15) is 31.1 Å². The molecule has 0 unspecified atom stereocenters. The molecule has 0 saturated carbocycles. The van der Waals surface area contributed by atoms with Crippen molar-refractivity contribution in [3.05, 3.63) is 88.4 Å². The molecule has 3 aromatic rings. The summed E-state index contributed by atoms with van der Waals surface area (Å²) in [7, 11) is -1.18. The zero-order valence-electron chi connectivity index (χ0n) is 17.6. The first-order valence-electron chi connectivity index (χ1n) is 9.72. The standard InChI is InChI=1S/C23H18ClN3O5S/c1-26-22(29)19-10-9-16(13-20(19)23(26)30)25-21(28)14-5-3-8-18(11-14)33(31,32)27(2)17-7-4-6-15(24)12-17/h3-13H,1-2H3,(H,25,28). The molecule has 1 aliphatic heterocycles. The normalized spacial score (nSPS) is 13.1. The molecule has 3 amide bonds. The van der Waals surface area contributed by atoms with Gasteiger partial charge >= 0.3 is 0 Å². The lowest BCUT2D eigenvalue weighted by molar-refractivity contribution is 0.0692. The smallest absolute Gasteiger partial charge is 0.264 e. The first-order chi connectivity index (χ1) is 15.6. The molecule has 33 heavy (non-hydrogen) atoms. The topological polar surface area (TPSA) is 104 Å². The number of carbonyl (C=O) groups excluding carboxylic acids is 3. The number of anilines is 2. The zero-order chi connectivity index (χ0) is 23.9. The molecule has 1 N–H and O–H groups in total. The highest BCUT2D eigenvalue weighted by atomic mass is 35.5. The van der Waals surface area contributed by atoms with Crippen molar-refractivity contribution in [2.75, 3.05) is 23.7 Å². The van der Waals surface area contributed by atoms with E-state index in [1.807, 2.05) is 0 Å². The zero-order valence-corrected chi connectivity index (χ0v) is 19.1. The third kappa shape index (κ3) is 4.08. The van der Waals surface area contributed by atoms with Gasteiger partial charge in [0, 0.05) is 30.4 Å². The highest BCUT2D eigenvalue weighted by molar-refractivity contribution is 7.92. The van der Waals surface area contributed by atoms with Gasteiger partial charge in [-0.2, -0.15) is 0 Å². The van der Waals surface area contributed by atoms with Gasteiger partial charge in [0.2, 0.25) is 0 Å². The number of nitrogens with zero attached hydrogens (tertiary/aromatic N) is 2. The van der Waals surface area contributed by atoms with E-state index in [0.29, 0.717) is 16.4 Å². The van der Waals surface area contributed by atoms with Crippen LogP contribution in [0.25, 0.3) is 0 Å². The fourth-order valence-electron chi connectivity index (χ4n) is 3.41. The average Bonchev–Trinajstić information content (AvgIpc) is 3.02. The fraction of sp³-hybridized carbons (Fsp3) is 0.0870. The molecule has 0 aliphatic carbocycles. The van der Waals surface area contributed by atoms with Crippen LogP contribution in [0.15, 0.2) is 71.6 Å². The molecule has 1 aliphatic rings. The molecule has 0 fully saturated rings. The van der Waals surface area contributed by atoms with Crippen molar-refractivity contribution in [3.8, 4) is 0 Å². The number of benzene rings is 3. The van der Waals surface area contributed by atoms with Gasteiger partial charge in [-0.1, -0.05) is 23.7 Å². The molecule has 3 aromatic carbocycles. The molecule has 0 saturated heterocycles. The number of halogens is 1. The minimum Gasteiger partial charge on any atom is -0.322 e. The van der Waals surface area contributed by atoms with E-state index in [1.54, 1.807) is 18.2 Å². The van der Waals surface area contributed by atoms with Crippen LogP contribution in [-0.4, -0.2) is 45.1 Å². The second-order valence-electron chi connectivity index (χ2n) is 7.36. The second kappa shape index (κ2) is 8.34. The van der Waals surface area contributed by atoms with Crippen LogP contribution < -0.4 is 9.62 Å². The summed E-state index contributed by atoms with van der Waals surface area (Å²) in [4.78, 5) is 37.9. The Balaban J connectivity index is 1.59. The van der Waals surface area contributed by atoms with Gasteiger partial charge in [0.25, 0.3) is 27.7 Å². The van der Waals surface area contributed by atoms with Crippen molar-refractivity contribution in [1.82, 2.24) is 4.90 Å². The number of rotatable bonds is 5. The maximum atomic E-state index is 13.1. The van der Waals surface area contributed by atoms with E-state index in [-0.39, 0.29) is 21.6 Å². The van der Waals surface area contributed by atoms with Crippen LogP contribution in [-0.2, 0) is 10.0 Å². The van der Waals surface area contributed by atoms with Crippen molar-refractivity contribution in [2.24, 2.45) is 0 Å². The molecule has 1 heterocycles. The van der Waals surface area contributed by atoms with Crippen LogP contribution in [0, 0.1) is 0 Å². The number of fused-ring (bicyclic) bond motifs is 1. The van der Waals surface area contributed by atoms with Gasteiger partial charge in [-0.3, -0.25) is 23.6 Å². The molecule has 10 heteroatoms. The van der Waals surface area contributed by atoms with E-state index in [9.17, 15) is 22.8 Å². The van der Waals surface area contributed by atoms with E-state index in [1.165, 1.54) is 62.6 Å². The monoisotopic (exact) mass is 483 g/mol. The third-order valence-electron chi connectivity index (χ3n) is 5.27. The summed E-state index contributed by atoms with van der Waals surface area (Å²) in [6.45, 7) is 0. The van der Waals surface area contributed by atoms with E-state index in [2.05, 4.69) is 5.32 Å². The van der Waals surface area contributed by atoms with Gasteiger partial charge in [-0.05, 0) is 54.6 Å². The number of sulfonamides is 1. The first-order valence-corrected chi connectivity index (χ1v) is 11.5. The Morgan fingerprint density at radius 1 is 0.939 bits per heavy atom. The number of hydrogen-bond acceptors (Lipinski definition) is 5. The van der Waals surface area contributed by atoms with Crippen molar-refractivity contribution in [1.29, 1.82) is 0 Å². The summed E-state index contributed by atoms with van der Waals surface area (Å²) < 4.78 is 27.2. The van der Waals surface area contributed by atoms with Crippen LogP contribution in [0.2, 0.25) is 5.02 Å². The third-order valence-corrected chi connectivity index (χ3v) is 7.29. The number of carbonyl (C=O) groups is 3. The molecule has 168 valence electrons. The first kappa shape index (κ1) is 22.5. The maximum Gasteiger partial charge on any atom is 0.264 e. The molecule has 0 radical (unpaired) electrons. The van der Waals surface area contributed by atoms with Gasteiger partial charge in [0.15, 0.2) is 0 Å². The Kier molecular flexibility index (Phi) is 5.69. The van der Waals surface area contributed by atoms with Crippen LogP contribution in [0.4, 0.5) is 11.4 Å². The summed E-state index contributed by atoms with van der Waals surface area (Å²) in [5.41, 5.74) is 1.24. The molecule has 0 aromatic heterocycles. The quantitative estimate of drug-likeness (QED) is 0.558. The Bertz CT molecular complexity index is 1420. The number of imide groups is 1. The molecule has 0 spiro atoms. The molecular weight excluding hydrogens is 466 g/mol. The Labute approximate surface area is 195 Å². The van der Waals surface area contributed by atoms with Crippen LogP contribution in [0.5, 0.6) is 0 Å². The fourth-order valence-corrected chi connectivity index (χ4v) is 4.83. The van der Waals surface area contributed by atoms with Crippen LogP contribution >= 0.6 is 11.6 Å². The van der Waals surface area contributed by atoms with Gasteiger partial charge in [0.1, 0.15) is 0 Å². The Morgan fingerprint density at radius 3 is 2.36 bits per heavy atom. The summed E-state index contributed by atoms with van der Waals surface area (Å²) in [5.74, 6) is -1.43. The van der Waals surface area contributed by atoms with E-state index in [4.69, 9.17) is 11.6 Å². The summed E-state index contributed by atoms with van der Waals surface area (Å²) in [6, 6.07) is 16.4. The van der Waals surface area contributed by atoms with Crippen molar-refractivity contribution in [2.45, 2.75) is 4.90 Å². The van der Waals surface area contributed by atoms with E-state index >= 15 is 0 Å². The van der Waals surface area contributed by atoms with Gasteiger partial charge in [0.05, 0.1) is 21.7 Å². The summed E-state index contributed by atoms with van der Waals surface area (Å²) in [6.07, 6.45) is 0. The lowest BCUT2D eigenvalue weighted by Crippen LogP contribution is -2.26. The van der Waals surface area contributed by atoms with Crippen molar-refractivity contribution in [3.63, 3.8) is 0 Å². The molecule has 8 nitrogen and oxygen atoms in total. The Morgan fingerprint density at radius 2 is 1.64 bits per heavy atom. The summed E-state index contributed by atoms with van der Waals surface area (Å²) in [5, 5.41) is 3.03. The van der Waals surface area contributed by atoms with E-state index in [0.717, 1.165) is 9.21 Å². The van der Waals surface area contributed by atoms with E-state index < -0.39 is 27.7 Å². The molecule has 0 bridgehead atoms. The molecule has 0 atom stereocenters. The summed E-state index contributed by atoms with van der Waals surface area (Å²) >= 11 is 5.97. The minimum absolute atomic E-state index is 0.0750. The second-order valence-corrected chi connectivity index (χ2v) is 9.77. The maximum absolute atomic E-state index is 13.1. The van der Waals surface area contributed by atoms with Crippen LogP contribution in [0.3, 0.4) is 0 Å². The molecular formula is C23H18ClN3O5S. The lowest BCUT2D eigenvalue weighted by atomic mass is 10.1. The van der Waals surface area contributed by atoms with Crippen molar-refractivity contribution >= 4 is 50.7 Å². The van der Waals surface area contributed by atoms with Crippen molar-refractivity contribution < 1.29 is 22.8 Å². The Hall–Kier alpha value is -3.69. The van der Waals surface area contributed by atoms with Gasteiger partial charge in [-0.25, -0.2) is 8.42 Å². The number of nitrogens with one attached hydrogen (secondary N) is 1.